The molecule has 124 valence electrons. The normalized spacial score (nSPS) is 16.4. The summed E-state index contributed by atoms with van der Waals surface area (Å²) in [7, 11) is 0. The minimum atomic E-state index is -1.49. The highest BCUT2D eigenvalue weighted by Crippen LogP contribution is 2.35. The molecular weight excluding hydrogens is 298 g/mol. The van der Waals surface area contributed by atoms with Crippen LogP contribution in [0.4, 0.5) is 4.79 Å². The van der Waals surface area contributed by atoms with Gasteiger partial charge in [-0.2, -0.15) is 0 Å². The molecule has 1 aliphatic rings. The van der Waals surface area contributed by atoms with E-state index in [9.17, 15) is 19.5 Å². The van der Waals surface area contributed by atoms with E-state index in [2.05, 4.69) is 0 Å². The maximum atomic E-state index is 12.4. The number of imide groups is 1. The third-order valence-electron chi connectivity index (χ3n) is 4.21. The van der Waals surface area contributed by atoms with Crippen LogP contribution in [-0.4, -0.2) is 33.5 Å². The maximum absolute atomic E-state index is 12.4. The molecule has 6 heteroatoms. The molecule has 1 aromatic carbocycles. The van der Waals surface area contributed by atoms with Gasteiger partial charge in [0.25, 0.3) is 0 Å². The number of hydrogen-bond acceptors (Lipinski definition) is 4. The summed E-state index contributed by atoms with van der Waals surface area (Å²) in [6.07, 6.45) is 1.87. The zero-order chi connectivity index (χ0) is 16.9. The van der Waals surface area contributed by atoms with Gasteiger partial charge in [0.1, 0.15) is 6.61 Å². The lowest BCUT2D eigenvalue weighted by molar-refractivity contribution is -0.159. The molecule has 6 nitrogen and oxygen atoms in total. The van der Waals surface area contributed by atoms with Gasteiger partial charge in [-0.1, -0.05) is 49.6 Å². The van der Waals surface area contributed by atoms with E-state index in [0.717, 1.165) is 16.9 Å². The van der Waals surface area contributed by atoms with Crippen LogP contribution < -0.4 is 0 Å². The largest absolute Gasteiger partial charge is 0.479 e. The topological polar surface area (TPSA) is 83.9 Å². The number of benzene rings is 1. The number of carbonyl (C=O) groups is 3. The first-order chi connectivity index (χ1) is 11.0. The number of carbonyl (C=O) groups excluding carboxylic acids is 2. The maximum Gasteiger partial charge on any atom is 0.417 e. The highest BCUT2D eigenvalue weighted by Gasteiger charge is 2.50. The molecule has 1 aliphatic carbocycles. The average molecular weight is 319 g/mol. The van der Waals surface area contributed by atoms with Crippen LogP contribution in [-0.2, 0) is 20.9 Å². The van der Waals surface area contributed by atoms with Crippen molar-refractivity contribution in [2.45, 2.75) is 51.2 Å². The monoisotopic (exact) mass is 319 g/mol. The van der Waals surface area contributed by atoms with Crippen molar-refractivity contribution in [2.24, 2.45) is 0 Å². The van der Waals surface area contributed by atoms with Gasteiger partial charge in [-0.15, -0.1) is 0 Å². The predicted octanol–water partition coefficient (Wildman–Crippen LogP) is 2.96. The first kappa shape index (κ1) is 17.0. The van der Waals surface area contributed by atoms with Crippen LogP contribution in [0.25, 0.3) is 0 Å². The Labute approximate surface area is 135 Å². The fourth-order valence-corrected chi connectivity index (χ4v) is 3.06. The summed E-state index contributed by atoms with van der Waals surface area (Å²) >= 11 is 0. The Morgan fingerprint density at radius 1 is 1.13 bits per heavy atom. The Morgan fingerprint density at radius 3 is 2.26 bits per heavy atom. The highest BCUT2D eigenvalue weighted by atomic mass is 16.6. The van der Waals surface area contributed by atoms with Crippen LogP contribution in [0.2, 0.25) is 0 Å². The van der Waals surface area contributed by atoms with Crippen molar-refractivity contribution in [3.05, 3.63) is 35.9 Å². The highest BCUT2D eigenvalue weighted by molar-refractivity contribution is 5.97. The molecule has 1 aromatic rings. The summed E-state index contributed by atoms with van der Waals surface area (Å²) in [5.74, 6) is -1.75. The van der Waals surface area contributed by atoms with Gasteiger partial charge in [-0.25, -0.2) is 14.5 Å². The molecule has 0 spiro atoms. The quantitative estimate of drug-likeness (QED) is 0.922. The lowest BCUT2D eigenvalue weighted by Gasteiger charge is -2.40. The van der Waals surface area contributed by atoms with Crippen LogP contribution in [0.3, 0.4) is 0 Å². The minimum Gasteiger partial charge on any atom is -0.479 e. The second-order valence-corrected chi connectivity index (χ2v) is 5.79. The smallest absolute Gasteiger partial charge is 0.417 e. The molecule has 0 aliphatic heterocycles. The average Bonchev–Trinajstić information content (AvgIpc) is 2.54. The Bertz CT molecular complexity index is 578. The van der Waals surface area contributed by atoms with Crippen molar-refractivity contribution >= 4 is 18.0 Å². The molecule has 0 radical (unpaired) electrons. The van der Waals surface area contributed by atoms with E-state index in [0.29, 0.717) is 12.8 Å². The Balaban J connectivity index is 2.17. The third kappa shape index (κ3) is 3.70. The summed E-state index contributed by atoms with van der Waals surface area (Å²) in [6.45, 7) is 1.20. The second kappa shape index (κ2) is 7.26. The Kier molecular flexibility index (Phi) is 5.36. The van der Waals surface area contributed by atoms with Gasteiger partial charge >= 0.3 is 12.1 Å². The standard InChI is InChI=1S/C17H21NO5/c1-13(19)18(17(15(20)21)10-6-3-7-11-17)16(22)23-12-14-8-4-2-5-9-14/h2,4-5,8-9H,3,6-7,10-12H2,1H3,(H,20,21). The number of aliphatic carboxylic acids is 1. The van der Waals surface area contributed by atoms with E-state index in [4.69, 9.17) is 4.74 Å². The van der Waals surface area contributed by atoms with Crippen molar-refractivity contribution in [3.63, 3.8) is 0 Å². The molecular formula is C17H21NO5. The first-order valence-corrected chi connectivity index (χ1v) is 7.72. The van der Waals surface area contributed by atoms with Gasteiger partial charge in [0.05, 0.1) is 0 Å². The Hall–Kier alpha value is -2.37. The number of rotatable bonds is 4. The van der Waals surface area contributed by atoms with Crippen molar-refractivity contribution in [1.29, 1.82) is 0 Å². The van der Waals surface area contributed by atoms with E-state index < -0.39 is 23.5 Å². The zero-order valence-electron chi connectivity index (χ0n) is 13.2. The third-order valence-corrected chi connectivity index (χ3v) is 4.21. The van der Waals surface area contributed by atoms with Gasteiger partial charge in [-0.05, 0) is 18.4 Å². The first-order valence-electron chi connectivity index (χ1n) is 7.72. The van der Waals surface area contributed by atoms with Crippen molar-refractivity contribution in [1.82, 2.24) is 4.90 Å². The summed E-state index contributed by atoms with van der Waals surface area (Å²) in [6, 6.07) is 9.05. The molecule has 2 amide bonds. The molecule has 1 saturated carbocycles. The zero-order valence-corrected chi connectivity index (χ0v) is 13.2. The van der Waals surface area contributed by atoms with Gasteiger partial charge in [0.15, 0.2) is 5.54 Å². The van der Waals surface area contributed by atoms with E-state index in [-0.39, 0.29) is 19.4 Å². The number of carboxylic acids is 1. The fraction of sp³-hybridized carbons (Fsp3) is 0.471. The fourth-order valence-electron chi connectivity index (χ4n) is 3.06. The molecule has 2 rings (SSSR count). The van der Waals surface area contributed by atoms with Crippen molar-refractivity contribution in [3.8, 4) is 0 Å². The van der Waals surface area contributed by atoms with Crippen LogP contribution in [0.1, 0.15) is 44.6 Å². The molecule has 0 saturated heterocycles. The molecule has 0 atom stereocenters. The SMILES string of the molecule is CC(=O)N(C(=O)OCc1ccccc1)C1(C(=O)O)CCCCC1. The van der Waals surface area contributed by atoms with Crippen LogP contribution in [0.5, 0.6) is 0 Å². The number of carboxylic acid groups (broad SMARTS) is 1. The second-order valence-electron chi connectivity index (χ2n) is 5.79. The lowest BCUT2D eigenvalue weighted by atomic mass is 9.80. The Morgan fingerprint density at radius 2 is 1.74 bits per heavy atom. The van der Waals surface area contributed by atoms with Gasteiger partial charge in [0, 0.05) is 6.92 Å². The molecule has 0 heterocycles. The molecule has 0 unspecified atom stereocenters. The van der Waals surface area contributed by atoms with Gasteiger partial charge < -0.3 is 9.84 Å². The van der Waals surface area contributed by atoms with E-state index in [1.165, 1.54) is 6.92 Å². The van der Waals surface area contributed by atoms with Crippen molar-refractivity contribution in [2.75, 3.05) is 0 Å². The minimum absolute atomic E-state index is 0.000841. The van der Waals surface area contributed by atoms with Crippen LogP contribution in [0, 0.1) is 0 Å². The van der Waals surface area contributed by atoms with Crippen LogP contribution >= 0.6 is 0 Å². The van der Waals surface area contributed by atoms with Crippen LogP contribution in [0.15, 0.2) is 30.3 Å². The molecule has 0 bridgehead atoms. The molecule has 1 N–H and O–H groups in total. The molecule has 1 fully saturated rings. The summed E-state index contributed by atoms with van der Waals surface area (Å²) in [4.78, 5) is 36.9. The van der Waals surface area contributed by atoms with Gasteiger partial charge in [-0.3, -0.25) is 4.79 Å². The summed E-state index contributed by atoms with van der Waals surface area (Å²) in [5, 5.41) is 9.64. The summed E-state index contributed by atoms with van der Waals surface area (Å²) < 4.78 is 5.18. The number of amides is 2. The lowest BCUT2D eigenvalue weighted by Crippen LogP contribution is -2.59. The van der Waals surface area contributed by atoms with Crippen molar-refractivity contribution < 1.29 is 24.2 Å². The molecule has 23 heavy (non-hydrogen) atoms. The van der Waals surface area contributed by atoms with E-state index in [1.54, 1.807) is 12.1 Å². The van der Waals surface area contributed by atoms with E-state index >= 15 is 0 Å². The number of ether oxygens (including phenoxy) is 1. The predicted molar refractivity (Wildman–Crippen MR) is 82.6 cm³/mol. The van der Waals surface area contributed by atoms with Gasteiger partial charge in [0.2, 0.25) is 5.91 Å². The van der Waals surface area contributed by atoms with E-state index in [1.807, 2.05) is 18.2 Å². The number of nitrogens with zero attached hydrogens (tertiary/aromatic N) is 1. The number of hydrogen-bond donors (Lipinski definition) is 1. The summed E-state index contributed by atoms with van der Waals surface area (Å²) in [5.41, 5.74) is -0.713. The molecule has 0 aromatic heterocycles.